The number of ether oxygens (including phenoxy) is 1. The average Bonchev–Trinajstić information content (AvgIpc) is 2.65. The van der Waals surface area contributed by atoms with Crippen LogP contribution in [-0.2, 0) is 0 Å². The highest BCUT2D eigenvalue weighted by Crippen LogP contribution is 2.30. The Hall–Kier alpha value is -1.73. The van der Waals surface area contributed by atoms with Gasteiger partial charge < -0.3 is 13.6 Å². The van der Waals surface area contributed by atoms with Crippen LogP contribution in [0.5, 0.6) is 23.0 Å². The zero-order valence-electron chi connectivity index (χ0n) is 19.1. The third-order valence-electron chi connectivity index (χ3n) is 4.90. The Balaban J connectivity index is 2.05. The lowest BCUT2D eigenvalue weighted by Gasteiger charge is -2.24. The summed E-state index contributed by atoms with van der Waals surface area (Å²) in [5, 5.41) is 0. The number of benzene rings is 2. The van der Waals surface area contributed by atoms with Crippen LogP contribution in [0.3, 0.4) is 0 Å². The first-order chi connectivity index (χ1) is 13.7. The van der Waals surface area contributed by atoms with Crippen molar-refractivity contribution in [2.45, 2.75) is 77.8 Å². The Labute approximate surface area is 179 Å². The van der Waals surface area contributed by atoms with Crippen LogP contribution in [0.15, 0.2) is 48.5 Å². The molecule has 29 heavy (non-hydrogen) atoms. The van der Waals surface area contributed by atoms with Gasteiger partial charge in [0.25, 0.3) is 0 Å². The normalized spacial score (nSPS) is 11.9. The minimum Gasteiger partial charge on any atom is -0.544 e. The molecule has 0 saturated heterocycles. The maximum atomic E-state index is 6.35. The topological polar surface area (TPSA) is 27.7 Å². The fraction of sp³-hybridized carbons (Fsp3) is 0.500. The third-order valence-corrected chi connectivity index (χ3v) is 9.59. The van der Waals surface area contributed by atoms with Crippen molar-refractivity contribution in [1.29, 1.82) is 0 Å². The van der Waals surface area contributed by atoms with Gasteiger partial charge in [-0.1, -0.05) is 51.7 Å². The molecule has 0 atom stereocenters. The zero-order chi connectivity index (χ0) is 21.3. The van der Waals surface area contributed by atoms with Gasteiger partial charge in [-0.3, -0.25) is 0 Å². The van der Waals surface area contributed by atoms with Gasteiger partial charge in [0.2, 0.25) is 16.6 Å². The predicted molar refractivity (Wildman–Crippen MR) is 129 cm³/mol. The molecule has 0 amide bonds. The smallest absolute Gasteiger partial charge is 0.245 e. The fourth-order valence-corrected chi connectivity index (χ4v) is 7.43. The molecule has 0 aliphatic heterocycles. The van der Waals surface area contributed by atoms with E-state index >= 15 is 0 Å². The molecule has 0 heterocycles. The van der Waals surface area contributed by atoms with Gasteiger partial charge >= 0.3 is 0 Å². The molecule has 0 radical (unpaired) electrons. The molecule has 5 heteroatoms. The molecule has 160 valence electrons. The van der Waals surface area contributed by atoms with Gasteiger partial charge in [0.05, 0.1) is 0 Å². The van der Waals surface area contributed by atoms with Crippen LogP contribution in [0.25, 0.3) is 0 Å². The van der Waals surface area contributed by atoms with Gasteiger partial charge in [0.1, 0.15) is 23.0 Å². The molecular formula is C24H38O3Si2. The summed E-state index contributed by atoms with van der Waals surface area (Å²) >= 11 is 0. The van der Waals surface area contributed by atoms with Gasteiger partial charge in [-0.05, 0) is 62.5 Å². The highest BCUT2D eigenvalue weighted by molar-refractivity contribution is 6.72. The first-order valence-corrected chi connectivity index (χ1v) is 17.2. The SMILES string of the molecule is CCCC[Si](C)(C)Oc1cccc(Oc2cccc(O[Si](C)(C)CCCC)c2)c1. The summed E-state index contributed by atoms with van der Waals surface area (Å²) in [6, 6.07) is 18.3. The van der Waals surface area contributed by atoms with Crippen LogP contribution in [0.1, 0.15) is 39.5 Å². The van der Waals surface area contributed by atoms with E-state index in [1.165, 1.54) is 37.8 Å². The van der Waals surface area contributed by atoms with Gasteiger partial charge in [-0.15, -0.1) is 0 Å². The third kappa shape index (κ3) is 8.66. The average molecular weight is 431 g/mol. The minimum absolute atomic E-state index is 0.794. The van der Waals surface area contributed by atoms with Crippen molar-refractivity contribution >= 4 is 16.6 Å². The Morgan fingerprint density at radius 3 is 1.38 bits per heavy atom. The molecule has 0 aliphatic carbocycles. The van der Waals surface area contributed by atoms with Crippen LogP contribution >= 0.6 is 0 Å². The minimum atomic E-state index is -1.70. The fourth-order valence-electron chi connectivity index (χ4n) is 3.28. The molecule has 0 fully saturated rings. The van der Waals surface area contributed by atoms with E-state index in [9.17, 15) is 0 Å². The second-order valence-electron chi connectivity index (χ2n) is 8.98. The lowest BCUT2D eigenvalue weighted by atomic mass is 10.3. The van der Waals surface area contributed by atoms with Crippen molar-refractivity contribution in [3.8, 4) is 23.0 Å². The zero-order valence-corrected chi connectivity index (χ0v) is 21.1. The standard InChI is InChI=1S/C24H38O3Si2/c1-7-9-17-28(3,4)26-23-15-11-13-21(19-23)25-22-14-12-16-24(20-22)27-29(5,6)18-10-8-2/h11-16,19-20H,7-10,17-18H2,1-6H3. The van der Waals surface area contributed by atoms with Crippen LogP contribution in [0.4, 0.5) is 0 Å². The van der Waals surface area contributed by atoms with E-state index in [1.54, 1.807) is 0 Å². The molecule has 3 nitrogen and oxygen atoms in total. The summed E-state index contributed by atoms with van der Waals surface area (Å²) in [7, 11) is -3.40. The predicted octanol–water partition coefficient (Wildman–Crippen LogP) is 8.25. The second-order valence-corrected chi connectivity index (χ2v) is 17.4. The van der Waals surface area contributed by atoms with E-state index in [0.29, 0.717) is 0 Å². The van der Waals surface area contributed by atoms with Crippen LogP contribution < -0.4 is 13.6 Å². The number of rotatable bonds is 12. The molecule has 0 saturated carbocycles. The van der Waals surface area contributed by atoms with E-state index < -0.39 is 16.6 Å². The van der Waals surface area contributed by atoms with Crippen molar-refractivity contribution in [3.05, 3.63) is 48.5 Å². The summed E-state index contributed by atoms with van der Waals surface area (Å²) in [6.07, 6.45) is 4.86. The van der Waals surface area contributed by atoms with Gasteiger partial charge in [-0.25, -0.2) is 0 Å². The Kier molecular flexibility index (Phi) is 8.84. The van der Waals surface area contributed by atoms with E-state index in [4.69, 9.17) is 13.6 Å². The molecule has 0 N–H and O–H groups in total. The van der Waals surface area contributed by atoms with Gasteiger partial charge in [0, 0.05) is 12.1 Å². The molecule has 0 bridgehead atoms. The quantitative estimate of drug-likeness (QED) is 0.317. The van der Waals surface area contributed by atoms with E-state index in [-0.39, 0.29) is 0 Å². The molecule has 0 spiro atoms. The van der Waals surface area contributed by atoms with Crippen LogP contribution in [0.2, 0.25) is 38.3 Å². The molecule has 2 aromatic carbocycles. The first-order valence-electron chi connectivity index (χ1n) is 11.0. The first kappa shape index (κ1) is 23.6. The lowest BCUT2D eigenvalue weighted by molar-refractivity contribution is 0.469. The molecular weight excluding hydrogens is 392 g/mol. The Morgan fingerprint density at radius 2 is 1.00 bits per heavy atom. The monoisotopic (exact) mass is 430 g/mol. The van der Waals surface area contributed by atoms with Crippen molar-refractivity contribution in [2.24, 2.45) is 0 Å². The molecule has 0 unspecified atom stereocenters. The molecule has 2 aromatic rings. The molecule has 0 aliphatic rings. The van der Waals surface area contributed by atoms with Gasteiger partial charge in [-0.2, -0.15) is 0 Å². The summed E-state index contributed by atoms with van der Waals surface area (Å²) in [6.45, 7) is 13.6. The van der Waals surface area contributed by atoms with E-state index in [0.717, 1.165) is 23.0 Å². The van der Waals surface area contributed by atoms with E-state index in [2.05, 4.69) is 40.0 Å². The maximum Gasteiger partial charge on any atom is 0.245 e. The number of hydrogen-bond acceptors (Lipinski definition) is 3. The van der Waals surface area contributed by atoms with Crippen molar-refractivity contribution in [3.63, 3.8) is 0 Å². The van der Waals surface area contributed by atoms with Gasteiger partial charge in [0.15, 0.2) is 0 Å². The van der Waals surface area contributed by atoms with Crippen LogP contribution in [0, 0.1) is 0 Å². The number of hydrogen-bond donors (Lipinski definition) is 0. The summed E-state index contributed by atoms with van der Waals surface area (Å²) in [4.78, 5) is 0. The molecule has 0 aromatic heterocycles. The number of unbranched alkanes of at least 4 members (excludes halogenated alkanes) is 2. The summed E-state index contributed by atoms with van der Waals surface area (Å²) < 4.78 is 18.8. The largest absolute Gasteiger partial charge is 0.544 e. The lowest BCUT2D eigenvalue weighted by Crippen LogP contribution is -2.33. The van der Waals surface area contributed by atoms with Crippen molar-refractivity contribution in [2.75, 3.05) is 0 Å². The summed E-state index contributed by atoms with van der Waals surface area (Å²) in [5.41, 5.74) is 0. The van der Waals surface area contributed by atoms with Crippen LogP contribution in [-0.4, -0.2) is 16.6 Å². The Morgan fingerprint density at radius 1 is 0.621 bits per heavy atom. The van der Waals surface area contributed by atoms with Crippen molar-refractivity contribution < 1.29 is 13.6 Å². The highest BCUT2D eigenvalue weighted by atomic mass is 28.4. The maximum absolute atomic E-state index is 6.35. The highest BCUT2D eigenvalue weighted by Gasteiger charge is 2.24. The summed E-state index contributed by atoms with van der Waals surface area (Å²) in [5.74, 6) is 3.39. The van der Waals surface area contributed by atoms with E-state index in [1.807, 2.05) is 48.5 Å². The molecule has 2 rings (SSSR count). The second kappa shape index (κ2) is 10.9. The van der Waals surface area contributed by atoms with Crippen molar-refractivity contribution in [1.82, 2.24) is 0 Å². The Bertz CT molecular complexity index is 696.